The molecule has 130 valence electrons. The van der Waals surface area contributed by atoms with E-state index in [1.54, 1.807) is 18.7 Å². The summed E-state index contributed by atoms with van der Waals surface area (Å²) < 4.78 is 27.9. The lowest BCUT2D eigenvalue weighted by Gasteiger charge is -2.21. The van der Waals surface area contributed by atoms with E-state index in [4.69, 9.17) is 0 Å². The maximum atomic E-state index is 13.3. The first-order valence-electron chi connectivity index (χ1n) is 7.62. The number of halogens is 2. The molecule has 1 aromatic carbocycles. The van der Waals surface area contributed by atoms with Gasteiger partial charge in [-0.25, -0.2) is 8.78 Å². The van der Waals surface area contributed by atoms with Crippen molar-refractivity contribution in [3.8, 4) is 0 Å². The van der Waals surface area contributed by atoms with Gasteiger partial charge in [0.2, 0.25) is 5.91 Å². The molecule has 0 aliphatic carbocycles. The Balaban J connectivity index is 2.03. The molecule has 1 heterocycles. The third-order valence-corrected chi connectivity index (χ3v) is 4.14. The maximum absolute atomic E-state index is 13.3. The summed E-state index contributed by atoms with van der Waals surface area (Å²) in [7, 11) is 1.80. The van der Waals surface area contributed by atoms with Crippen LogP contribution in [0, 0.1) is 25.5 Å². The van der Waals surface area contributed by atoms with Crippen LogP contribution in [0.25, 0.3) is 0 Å². The number of aryl methyl sites for hydroxylation is 2. The maximum Gasteiger partial charge on any atom is 0.224 e. The molecule has 7 heteroatoms. The van der Waals surface area contributed by atoms with Crippen molar-refractivity contribution in [3.05, 3.63) is 52.3 Å². The van der Waals surface area contributed by atoms with Crippen molar-refractivity contribution in [3.63, 3.8) is 0 Å². The molecule has 5 nitrogen and oxygen atoms in total. The molecule has 2 unspecified atom stereocenters. The summed E-state index contributed by atoms with van der Waals surface area (Å²) in [6, 6.07) is 2.52. The summed E-state index contributed by atoms with van der Waals surface area (Å²) in [5, 5.41) is 17.1. The lowest BCUT2D eigenvalue weighted by molar-refractivity contribution is -0.121. The summed E-state index contributed by atoms with van der Waals surface area (Å²) in [5.41, 5.74) is 2.72. The number of carbonyl (C=O) groups excluding carboxylic acids is 1. The summed E-state index contributed by atoms with van der Waals surface area (Å²) in [6.07, 6.45) is -1.000. The number of aliphatic hydroxyl groups is 1. The van der Waals surface area contributed by atoms with E-state index in [9.17, 15) is 18.7 Å². The number of aromatic nitrogens is 2. The van der Waals surface area contributed by atoms with E-state index >= 15 is 0 Å². The Hall–Kier alpha value is -2.28. The van der Waals surface area contributed by atoms with Gasteiger partial charge >= 0.3 is 0 Å². The Bertz CT molecular complexity index is 759. The standard InChI is InChI=1S/C17H21F2N3O2/c1-9-13(11(3)22(4)21-9)8-16(23)20-10(2)17(24)12-5-6-14(18)15(19)7-12/h5-7,10,17,24H,8H2,1-4H3,(H,20,23). The van der Waals surface area contributed by atoms with Crippen molar-refractivity contribution in [2.45, 2.75) is 39.3 Å². The molecule has 0 spiro atoms. The fraction of sp³-hybridized carbons (Fsp3) is 0.412. The molecule has 0 aliphatic heterocycles. The second kappa shape index (κ2) is 7.09. The third-order valence-electron chi connectivity index (χ3n) is 4.14. The van der Waals surface area contributed by atoms with Gasteiger partial charge in [-0.2, -0.15) is 5.10 Å². The Labute approximate surface area is 139 Å². The Morgan fingerprint density at radius 3 is 2.54 bits per heavy atom. The number of amides is 1. The first-order valence-corrected chi connectivity index (χ1v) is 7.62. The molecule has 0 radical (unpaired) electrons. The molecule has 0 saturated carbocycles. The predicted molar refractivity (Wildman–Crippen MR) is 85.3 cm³/mol. The fourth-order valence-corrected chi connectivity index (χ4v) is 2.60. The monoisotopic (exact) mass is 337 g/mol. The van der Waals surface area contributed by atoms with Gasteiger partial charge in [0, 0.05) is 18.3 Å². The zero-order chi connectivity index (χ0) is 18.0. The van der Waals surface area contributed by atoms with E-state index < -0.39 is 23.8 Å². The van der Waals surface area contributed by atoms with Crippen molar-refractivity contribution >= 4 is 5.91 Å². The van der Waals surface area contributed by atoms with E-state index in [1.807, 2.05) is 13.8 Å². The Morgan fingerprint density at radius 2 is 2.00 bits per heavy atom. The molecule has 2 atom stereocenters. The van der Waals surface area contributed by atoms with Gasteiger partial charge in [0.05, 0.1) is 24.3 Å². The van der Waals surface area contributed by atoms with Crippen LogP contribution in [0.4, 0.5) is 8.78 Å². The third kappa shape index (κ3) is 3.79. The second-order valence-corrected chi connectivity index (χ2v) is 5.92. The van der Waals surface area contributed by atoms with Crippen LogP contribution in [0.15, 0.2) is 18.2 Å². The van der Waals surface area contributed by atoms with Crippen molar-refractivity contribution in [1.29, 1.82) is 0 Å². The van der Waals surface area contributed by atoms with Crippen LogP contribution >= 0.6 is 0 Å². The van der Waals surface area contributed by atoms with Gasteiger partial charge in [-0.05, 0) is 38.5 Å². The summed E-state index contributed by atoms with van der Waals surface area (Å²) in [4.78, 5) is 12.2. The van der Waals surface area contributed by atoms with Gasteiger partial charge in [0.15, 0.2) is 11.6 Å². The zero-order valence-corrected chi connectivity index (χ0v) is 14.1. The molecule has 0 bridgehead atoms. The van der Waals surface area contributed by atoms with E-state index in [0.29, 0.717) is 0 Å². The van der Waals surface area contributed by atoms with Gasteiger partial charge < -0.3 is 10.4 Å². The fourth-order valence-electron chi connectivity index (χ4n) is 2.60. The minimum atomic E-state index is -1.14. The van der Waals surface area contributed by atoms with Crippen LogP contribution in [0.3, 0.4) is 0 Å². The van der Waals surface area contributed by atoms with E-state index in [-0.39, 0.29) is 17.9 Å². The number of nitrogens with zero attached hydrogens (tertiary/aromatic N) is 2. The molecular formula is C17H21F2N3O2. The van der Waals surface area contributed by atoms with Crippen LogP contribution in [-0.2, 0) is 18.3 Å². The van der Waals surface area contributed by atoms with E-state index in [2.05, 4.69) is 10.4 Å². The highest BCUT2D eigenvalue weighted by molar-refractivity contribution is 5.79. The van der Waals surface area contributed by atoms with Gasteiger partial charge in [0.1, 0.15) is 0 Å². The van der Waals surface area contributed by atoms with E-state index in [0.717, 1.165) is 29.1 Å². The van der Waals surface area contributed by atoms with E-state index in [1.165, 1.54) is 6.07 Å². The van der Waals surface area contributed by atoms with Crippen molar-refractivity contribution in [1.82, 2.24) is 15.1 Å². The summed E-state index contributed by atoms with van der Waals surface area (Å²) in [5.74, 6) is -2.29. The molecule has 2 N–H and O–H groups in total. The van der Waals surface area contributed by atoms with Gasteiger partial charge in [-0.1, -0.05) is 6.07 Å². The molecule has 1 amide bonds. The van der Waals surface area contributed by atoms with Crippen molar-refractivity contribution < 1.29 is 18.7 Å². The predicted octanol–water partition coefficient (Wildman–Crippen LogP) is 2.10. The number of aliphatic hydroxyl groups excluding tert-OH is 1. The largest absolute Gasteiger partial charge is 0.386 e. The molecule has 2 rings (SSSR count). The van der Waals surface area contributed by atoms with Crippen LogP contribution in [0.5, 0.6) is 0 Å². The minimum absolute atomic E-state index is 0.139. The first kappa shape index (κ1) is 18.1. The van der Waals surface area contributed by atoms with Gasteiger partial charge in [-0.15, -0.1) is 0 Å². The number of hydrogen-bond donors (Lipinski definition) is 2. The van der Waals surface area contributed by atoms with Crippen molar-refractivity contribution in [2.75, 3.05) is 0 Å². The molecule has 0 fully saturated rings. The Kier molecular flexibility index (Phi) is 5.33. The van der Waals surface area contributed by atoms with Crippen LogP contribution in [0.2, 0.25) is 0 Å². The molecule has 0 saturated heterocycles. The highest BCUT2D eigenvalue weighted by Crippen LogP contribution is 2.20. The van der Waals surface area contributed by atoms with Gasteiger partial charge in [-0.3, -0.25) is 9.48 Å². The van der Waals surface area contributed by atoms with Gasteiger partial charge in [0.25, 0.3) is 0 Å². The zero-order valence-electron chi connectivity index (χ0n) is 14.1. The Morgan fingerprint density at radius 1 is 1.33 bits per heavy atom. The molecule has 2 aromatic rings. The summed E-state index contributed by atoms with van der Waals surface area (Å²) >= 11 is 0. The number of hydrogen-bond acceptors (Lipinski definition) is 3. The lowest BCUT2D eigenvalue weighted by atomic mass is 10.0. The highest BCUT2D eigenvalue weighted by atomic mass is 19.2. The molecule has 0 aliphatic rings. The smallest absolute Gasteiger partial charge is 0.224 e. The number of nitrogens with one attached hydrogen (secondary N) is 1. The average Bonchev–Trinajstić information content (AvgIpc) is 2.75. The number of benzene rings is 1. The average molecular weight is 337 g/mol. The highest BCUT2D eigenvalue weighted by Gasteiger charge is 2.21. The SMILES string of the molecule is Cc1nn(C)c(C)c1CC(=O)NC(C)C(O)c1ccc(F)c(F)c1. The molecule has 24 heavy (non-hydrogen) atoms. The minimum Gasteiger partial charge on any atom is -0.386 e. The quantitative estimate of drug-likeness (QED) is 0.878. The first-order chi connectivity index (χ1) is 11.2. The number of carbonyl (C=O) groups is 1. The summed E-state index contributed by atoms with van der Waals surface area (Å²) in [6.45, 7) is 5.31. The number of rotatable bonds is 5. The topological polar surface area (TPSA) is 67.2 Å². The van der Waals surface area contributed by atoms with Crippen molar-refractivity contribution in [2.24, 2.45) is 7.05 Å². The second-order valence-electron chi connectivity index (χ2n) is 5.92. The van der Waals surface area contributed by atoms with Crippen LogP contribution < -0.4 is 5.32 Å². The lowest BCUT2D eigenvalue weighted by Crippen LogP contribution is -2.38. The van der Waals surface area contributed by atoms with Crippen LogP contribution in [-0.4, -0.2) is 26.8 Å². The molecular weight excluding hydrogens is 316 g/mol. The van der Waals surface area contributed by atoms with Crippen LogP contribution in [0.1, 0.15) is 35.5 Å². The molecule has 1 aromatic heterocycles. The normalized spacial score (nSPS) is 13.6.